The van der Waals surface area contributed by atoms with Crippen molar-refractivity contribution in [1.82, 2.24) is 15.0 Å². The van der Waals surface area contributed by atoms with E-state index in [9.17, 15) is 0 Å². The molecule has 0 amide bonds. The van der Waals surface area contributed by atoms with Crippen LogP contribution < -0.4 is 0 Å². The minimum atomic E-state index is 0.0982. The van der Waals surface area contributed by atoms with Gasteiger partial charge in [0.15, 0.2) is 10.7 Å². The van der Waals surface area contributed by atoms with Gasteiger partial charge >= 0.3 is 0 Å². The zero-order chi connectivity index (χ0) is 11.8. The molecule has 0 N–H and O–H groups in total. The zero-order valence-corrected chi connectivity index (χ0v) is 9.90. The molecule has 0 unspecified atom stereocenters. The quantitative estimate of drug-likeness (QED) is 0.499. The van der Waals surface area contributed by atoms with Gasteiger partial charge in [-0.3, -0.25) is 4.98 Å². The van der Waals surface area contributed by atoms with Crippen LogP contribution in [0.1, 0.15) is 0 Å². The number of nitrogens with zero attached hydrogens (tertiary/aromatic N) is 3. The van der Waals surface area contributed by atoms with Gasteiger partial charge in [0.25, 0.3) is 0 Å². The lowest BCUT2D eigenvalue weighted by Gasteiger charge is -1.93. The van der Waals surface area contributed by atoms with E-state index >= 15 is 0 Å². The highest BCUT2D eigenvalue weighted by Gasteiger charge is 2.12. The highest BCUT2D eigenvalue weighted by atomic mass is 35.5. The maximum absolute atomic E-state index is 5.92. The molecular weight excluding hydrogens is 261 g/mol. The molecule has 0 atom stereocenters. The van der Waals surface area contributed by atoms with Crippen LogP contribution in [-0.4, -0.2) is 15.0 Å². The fourth-order valence-corrected chi connectivity index (χ4v) is 1.95. The smallest absolute Gasteiger partial charge is 0.224 e. The van der Waals surface area contributed by atoms with E-state index in [1.165, 1.54) is 0 Å². The van der Waals surface area contributed by atoms with E-state index in [4.69, 9.17) is 27.6 Å². The molecule has 4 nitrogen and oxygen atoms in total. The number of pyridine rings is 1. The highest BCUT2D eigenvalue weighted by Crippen LogP contribution is 2.30. The lowest BCUT2D eigenvalue weighted by Crippen LogP contribution is -1.82. The van der Waals surface area contributed by atoms with Crippen molar-refractivity contribution < 1.29 is 4.42 Å². The van der Waals surface area contributed by atoms with Gasteiger partial charge in [0.1, 0.15) is 11.3 Å². The summed E-state index contributed by atoms with van der Waals surface area (Å²) >= 11 is 11.6. The number of hydrogen-bond acceptors (Lipinski definition) is 4. The molecule has 3 aromatic rings. The molecule has 0 spiro atoms. The zero-order valence-electron chi connectivity index (χ0n) is 8.39. The Bertz CT molecular complexity index is 682. The Morgan fingerprint density at radius 2 is 2.06 bits per heavy atom. The van der Waals surface area contributed by atoms with E-state index in [2.05, 4.69) is 15.0 Å². The molecule has 3 aromatic heterocycles. The summed E-state index contributed by atoms with van der Waals surface area (Å²) < 4.78 is 5.58. The maximum Gasteiger partial charge on any atom is 0.224 e. The monoisotopic (exact) mass is 265 g/mol. The summed E-state index contributed by atoms with van der Waals surface area (Å²) in [5, 5.41) is 0.302. The van der Waals surface area contributed by atoms with Crippen molar-refractivity contribution >= 4 is 34.3 Å². The summed E-state index contributed by atoms with van der Waals surface area (Å²) in [5.74, 6) is 0.631. The highest BCUT2D eigenvalue weighted by molar-refractivity contribution is 6.35. The molecule has 0 saturated heterocycles. The number of aromatic nitrogens is 3. The molecular formula is C11H5Cl2N3O. The van der Waals surface area contributed by atoms with Crippen molar-refractivity contribution in [3.63, 3.8) is 0 Å². The van der Waals surface area contributed by atoms with Gasteiger partial charge in [0.2, 0.25) is 5.28 Å². The summed E-state index contributed by atoms with van der Waals surface area (Å²) in [4.78, 5) is 11.9. The molecule has 3 rings (SSSR count). The predicted molar refractivity (Wildman–Crippen MR) is 65.1 cm³/mol. The third-order valence-electron chi connectivity index (χ3n) is 2.25. The molecule has 0 aromatic carbocycles. The van der Waals surface area contributed by atoms with Crippen molar-refractivity contribution in [3.8, 4) is 11.3 Å². The standard InChI is InChI=1S/C11H5Cl2N3O/c12-10-9-7(15-11(13)16-10)4-8(17-9)6-2-1-3-14-5-6/h1-5H. The first kappa shape index (κ1) is 10.5. The normalized spacial score (nSPS) is 10.9. The van der Waals surface area contributed by atoms with Gasteiger partial charge in [-0.25, -0.2) is 9.97 Å². The topological polar surface area (TPSA) is 51.8 Å². The van der Waals surface area contributed by atoms with Crippen molar-refractivity contribution in [3.05, 3.63) is 41.0 Å². The Kier molecular flexibility index (Phi) is 2.46. The van der Waals surface area contributed by atoms with Gasteiger partial charge < -0.3 is 4.42 Å². The van der Waals surface area contributed by atoms with E-state index in [-0.39, 0.29) is 10.4 Å². The molecule has 0 aliphatic rings. The average Bonchev–Trinajstić information content (AvgIpc) is 2.74. The van der Waals surface area contributed by atoms with E-state index in [1.54, 1.807) is 18.5 Å². The molecule has 3 heterocycles. The summed E-state index contributed by atoms with van der Waals surface area (Å²) in [6, 6.07) is 5.46. The minimum Gasteiger partial charge on any atom is -0.451 e. The van der Waals surface area contributed by atoms with E-state index in [0.717, 1.165) is 5.56 Å². The lowest BCUT2D eigenvalue weighted by molar-refractivity contribution is 0.629. The molecule has 0 bridgehead atoms. The van der Waals surface area contributed by atoms with Crippen molar-refractivity contribution in [2.24, 2.45) is 0 Å². The average molecular weight is 266 g/mol. The lowest BCUT2D eigenvalue weighted by atomic mass is 10.2. The number of hydrogen-bond donors (Lipinski definition) is 0. The molecule has 84 valence electrons. The molecule has 17 heavy (non-hydrogen) atoms. The Morgan fingerprint density at radius 3 is 2.82 bits per heavy atom. The summed E-state index contributed by atoms with van der Waals surface area (Å²) in [6.45, 7) is 0. The Hall–Kier alpha value is -1.65. The van der Waals surface area contributed by atoms with E-state index < -0.39 is 0 Å². The van der Waals surface area contributed by atoms with E-state index in [0.29, 0.717) is 16.9 Å². The molecule has 0 saturated carbocycles. The SMILES string of the molecule is Clc1nc(Cl)c2oc(-c3cccnc3)cc2n1. The number of rotatable bonds is 1. The number of halogens is 2. The second kappa shape index (κ2) is 3.98. The molecule has 0 aliphatic heterocycles. The van der Waals surface area contributed by atoms with Crippen LogP contribution in [0.2, 0.25) is 10.4 Å². The van der Waals surface area contributed by atoms with Gasteiger partial charge in [-0.1, -0.05) is 11.6 Å². The fourth-order valence-electron chi connectivity index (χ4n) is 1.52. The van der Waals surface area contributed by atoms with Gasteiger partial charge in [0, 0.05) is 24.0 Å². The van der Waals surface area contributed by atoms with Crippen molar-refractivity contribution in [2.75, 3.05) is 0 Å². The van der Waals surface area contributed by atoms with Gasteiger partial charge in [-0.15, -0.1) is 0 Å². The maximum atomic E-state index is 5.92. The first-order valence-corrected chi connectivity index (χ1v) is 5.52. The molecule has 0 fully saturated rings. The first-order valence-electron chi connectivity index (χ1n) is 4.77. The summed E-state index contributed by atoms with van der Waals surface area (Å²) in [6.07, 6.45) is 3.39. The molecule has 6 heteroatoms. The summed E-state index contributed by atoms with van der Waals surface area (Å²) in [5.41, 5.74) is 1.85. The molecule has 0 aliphatic carbocycles. The third-order valence-corrected chi connectivity index (χ3v) is 2.67. The molecule has 0 radical (unpaired) electrons. The van der Waals surface area contributed by atoms with Gasteiger partial charge in [0.05, 0.1) is 0 Å². The number of furan rings is 1. The van der Waals surface area contributed by atoms with Crippen LogP contribution in [0.15, 0.2) is 35.0 Å². The Labute approximate surface area is 106 Å². The predicted octanol–water partition coefficient (Wildman–Crippen LogP) is 3.59. The van der Waals surface area contributed by atoms with Crippen LogP contribution in [0.4, 0.5) is 0 Å². The third kappa shape index (κ3) is 1.85. The van der Waals surface area contributed by atoms with Gasteiger partial charge in [-0.05, 0) is 23.7 Å². The van der Waals surface area contributed by atoms with Crippen LogP contribution >= 0.6 is 23.2 Å². The second-order valence-corrected chi connectivity index (χ2v) is 4.05. The van der Waals surface area contributed by atoms with Crippen LogP contribution in [0.3, 0.4) is 0 Å². The van der Waals surface area contributed by atoms with E-state index in [1.807, 2.05) is 12.1 Å². The summed E-state index contributed by atoms with van der Waals surface area (Å²) in [7, 11) is 0. The van der Waals surface area contributed by atoms with Crippen LogP contribution in [-0.2, 0) is 0 Å². The van der Waals surface area contributed by atoms with Crippen molar-refractivity contribution in [1.29, 1.82) is 0 Å². The van der Waals surface area contributed by atoms with Crippen LogP contribution in [0, 0.1) is 0 Å². The Balaban J connectivity index is 2.24. The van der Waals surface area contributed by atoms with Crippen molar-refractivity contribution in [2.45, 2.75) is 0 Å². The largest absolute Gasteiger partial charge is 0.451 e. The second-order valence-electron chi connectivity index (χ2n) is 3.35. The van der Waals surface area contributed by atoms with Crippen LogP contribution in [0.5, 0.6) is 0 Å². The Morgan fingerprint density at radius 1 is 1.18 bits per heavy atom. The van der Waals surface area contributed by atoms with Gasteiger partial charge in [-0.2, -0.15) is 0 Å². The first-order chi connectivity index (χ1) is 8.24. The number of fused-ring (bicyclic) bond motifs is 1. The fraction of sp³-hybridized carbons (Fsp3) is 0. The minimum absolute atomic E-state index is 0.0982. The van der Waals surface area contributed by atoms with Crippen LogP contribution in [0.25, 0.3) is 22.4 Å².